The van der Waals surface area contributed by atoms with Gasteiger partial charge in [0.25, 0.3) is 0 Å². The zero-order chi connectivity index (χ0) is 14.6. The molecule has 0 unspecified atom stereocenters. The van der Waals surface area contributed by atoms with Crippen LogP contribution in [0.4, 0.5) is 23.2 Å². The first-order valence-electron chi connectivity index (χ1n) is 4.62. The van der Waals surface area contributed by atoms with E-state index in [0.717, 1.165) is 12.3 Å². The molecule has 0 spiro atoms. The van der Waals surface area contributed by atoms with Crippen LogP contribution in [0.3, 0.4) is 0 Å². The van der Waals surface area contributed by atoms with Gasteiger partial charge >= 0.3 is 6.18 Å². The highest BCUT2D eigenvalue weighted by Gasteiger charge is 2.34. The van der Waals surface area contributed by atoms with Crippen molar-refractivity contribution < 1.29 is 17.6 Å². The van der Waals surface area contributed by atoms with Crippen LogP contribution in [0.15, 0.2) is 23.9 Å². The molecule has 0 aliphatic carbocycles. The quantitative estimate of drug-likeness (QED) is 0.664. The molecule has 1 N–H and O–H groups in total. The summed E-state index contributed by atoms with van der Waals surface area (Å²) in [7, 11) is 0. The maximum Gasteiger partial charge on any atom is 0.418 e. The maximum absolute atomic E-state index is 13.1. The van der Waals surface area contributed by atoms with E-state index < -0.39 is 33.8 Å². The van der Waals surface area contributed by atoms with Crippen molar-refractivity contribution in [1.82, 2.24) is 0 Å². The van der Waals surface area contributed by atoms with Crippen molar-refractivity contribution in [3.63, 3.8) is 0 Å². The molecular weight excluding hydrogens is 286 g/mol. The summed E-state index contributed by atoms with van der Waals surface area (Å²) in [6.45, 7) is 0. The van der Waals surface area contributed by atoms with E-state index in [1.165, 1.54) is 12.1 Å². The van der Waals surface area contributed by atoms with E-state index >= 15 is 0 Å². The molecule has 0 aliphatic heterocycles. The minimum atomic E-state index is -4.81. The highest BCUT2D eigenvalue weighted by molar-refractivity contribution is 6.34. The summed E-state index contributed by atoms with van der Waals surface area (Å²) in [6.07, 6.45) is -3.98. The van der Waals surface area contributed by atoms with Crippen LogP contribution in [-0.2, 0) is 6.18 Å². The molecule has 0 heterocycles. The monoisotopic (exact) mass is 289 g/mol. The Morgan fingerprint density at radius 2 is 1.84 bits per heavy atom. The summed E-state index contributed by atoms with van der Waals surface area (Å²) in [5, 5.41) is 18.3. The fourth-order valence-electron chi connectivity index (χ4n) is 1.14. The Hall–Kier alpha value is -2.25. The molecule has 1 aromatic rings. The van der Waals surface area contributed by atoms with Gasteiger partial charge in [-0.15, -0.1) is 0 Å². The van der Waals surface area contributed by atoms with Gasteiger partial charge in [0.2, 0.25) is 0 Å². The second-order valence-corrected chi connectivity index (χ2v) is 3.62. The fraction of sp³-hybridized carbons (Fsp3) is 0.0909. The summed E-state index contributed by atoms with van der Waals surface area (Å²) in [5.41, 5.74) is -2.13. The van der Waals surface area contributed by atoms with E-state index in [-0.39, 0.29) is 6.07 Å². The van der Waals surface area contributed by atoms with Crippen molar-refractivity contribution >= 4 is 17.3 Å². The van der Waals surface area contributed by atoms with Gasteiger partial charge in [-0.1, -0.05) is 11.6 Å². The topological polar surface area (TPSA) is 59.6 Å². The predicted molar refractivity (Wildman–Crippen MR) is 59.3 cm³/mol. The molecule has 0 saturated carbocycles. The standard InChI is InChI=1S/C11H4ClF4N3/c12-10-8(11(14,15)16)1-7(13)2-9(10)19-5-6(3-17)4-18/h1-2,5,19H. The lowest BCUT2D eigenvalue weighted by Gasteiger charge is -2.12. The Morgan fingerprint density at radius 1 is 1.26 bits per heavy atom. The zero-order valence-electron chi connectivity index (χ0n) is 9.02. The zero-order valence-corrected chi connectivity index (χ0v) is 9.77. The van der Waals surface area contributed by atoms with Gasteiger partial charge in [0, 0.05) is 6.20 Å². The second kappa shape index (κ2) is 5.59. The first-order chi connectivity index (χ1) is 8.79. The molecule has 19 heavy (non-hydrogen) atoms. The fourth-order valence-corrected chi connectivity index (χ4v) is 1.41. The summed E-state index contributed by atoms with van der Waals surface area (Å²) in [4.78, 5) is 0. The Bertz CT molecular complexity index is 592. The van der Waals surface area contributed by atoms with Crippen LogP contribution in [0.2, 0.25) is 5.02 Å². The molecule has 8 heteroatoms. The lowest BCUT2D eigenvalue weighted by atomic mass is 10.2. The van der Waals surface area contributed by atoms with Crippen LogP contribution in [0.5, 0.6) is 0 Å². The number of alkyl halides is 3. The number of hydrogen-bond acceptors (Lipinski definition) is 3. The average molecular weight is 290 g/mol. The second-order valence-electron chi connectivity index (χ2n) is 3.24. The highest BCUT2D eigenvalue weighted by atomic mass is 35.5. The third-order valence-corrected chi connectivity index (χ3v) is 2.36. The number of hydrogen-bond donors (Lipinski definition) is 1. The van der Waals surface area contributed by atoms with E-state index in [1.807, 2.05) is 0 Å². The molecule has 1 aromatic carbocycles. The summed E-state index contributed by atoms with van der Waals surface area (Å²) >= 11 is 5.49. The summed E-state index contributed by atoms with van der Waals surface area (Å²) in [6, 6.07) is 3.94. The van der Waals surface area contributed by atoms with Crippen LogP contribution in [0, 0.1) is 28.5 Å². The van der Waals surface area contributed by atoms with Crippen LogP contribution in [0.25, 0.3) is 0 Å². The van der Waals surface area contributed by atoms with Gasteiger partial charge in [-0.2, -0.15) is 23.7 Å². The van der Waals surface area contributed by atoms with Crippen molar-refractivity contribution in [1.29, 1.82) is 10.5 Å². The lowest BCUT2D eigenvalue weighted by molar-refractivity contribution is -0.137. The van der Waals surface area contributed by atoms with Crippen molar-refractivity contribution in [3.8, 4) is 12.1 Å². The molecule has 0 fully saturated rings. The lowest BCUT2D eigenvalue weighted by Crippen LogP contribution is -2.08. The Labute approximate surface area is 110 Å². The third kappa shape index (κ3) is 3.60. The van der Waals surface area contributed by atoms with Gasteiger partial charge in [-0.05, 0) is 12.1 Å². The molecule has 0 amide bonds. The van der Waals surface area contributed by atoms with Crippen molar-refractivity contribution in [3.05, 3.63) is 40.3 Å². The predicted octanol–water partition coefficient (Wildman–Crippen LogP) is 3.84. The number of nitrogens with zero attached hydrogens (tertiary/aromatic N) is 2. The minimum absolute atomic E-state index is 0.257. The van der Waals surface area contributed by atoms with E-state index in [2.05, 4.69) is 5.32 Å². The number of rotatable bonds is 2. The van der Waals surface area contributed by atoms with Gasteiger partial charge in [0.05, 0.1) is 16.3 Å². The normalized spacial score (nSPS) is 10.3. The molecule has 0 aliphatic rings. The molecule has 0 aromatic heterocycles. The minimum Gasteiger partial charge on any atom is -0.359 e. The number of halogens is 5. The maximum atomic E-state index is 13.1. The Kier molecular flexibility index (Phi) is 4.36. The first kappa shape index (κ1) is 14.8. The Balaban J connectivity index is 3.25. The van der Waals surface area contributed by atoms with Crippen LogP contribution < -0.4 is 5.32 Å². The Morgan fingerprint density at radius 3 is 2.32 bits per heavy atom. The van der Waals surface area contributed by atoms with Crippen molar-refractivity contribution in [2.24, 2.45) is 0 Å². The van der Waals surface area contributed by atoms with E-state index in [1.54, 1.807) is 0 Å². The molecule has 1 rings (SSSR count). The van der Waals surface area contributed by atoms with Gasteiger partial charge in [0.15, 0.2) is 0 Å². The molecule has 0 radical (unpaired) electrons. The highest BCUT2D eigenvalue weighted by Crippen LogP contribution is 2.39. The molecule has 0 atom stereocenters. The molecule has 3 nitrogen and oxygen atoms in total. The van der Waals surface area contributed by atoms with Crippen molar-refractivity contribution in [2.75, 3.05) is 5.32 Å². The first-order valence-corrected chi connectivity index (χ1v) is 5.00. The SMILES string of the molecule is N#CC(C#N)=CNc1cc(F)cc(C(F)(F)F)c1Cl. The smallest absolute Gasteiger partial charge is 0.359 e. The van der Waals surface area contributed by atoms with Crippen LogP contribution in [0.1, 0.15) is 5.56 Å². The van der Waals surface area contributed by atoms with Crippen molar-refractivity contribution in [2.45, 2.75) is 6.18 Å². The number of benzene rings is 1. The molecule has 0 saturated heterocycles. The van der Waals surface area contributed by atoms with Gasteiger partial charge in [0.1, 0.15) is 23.5 Å². The number of nitriles is 2. The van der Waals surface area contributed by atoms with Crippen LogP contribution in [-0.4, -0.2) is 0 Å². The van der Waals surface area contributed by atoms with Crippen LogP contribution >= 0.6 is 11.6 Å². The molecule has 0 bridgehead atoms. The third-order valence-electron chi connectivity index (χ3n) is 1.96. The van der Waals surface area contributed by atoms with E-state index in [9.17, 15) is 17.6 Å². The average Bonchev–Trinajstić information content (AvgIpc) is 2.32. The molecule has 98 valence electrons. The largest absolute Gasteiger partial charge is 0.418 e. The van der Waals surface area contributed by atoms with Gasteiger partial charge < -0.3 is 5.32 Å². The van der Waals surface area contributed by atoms with E-state index in [4.69, 9.17) is 22.1 Å². The number of nitrogens with one attached hydrogen (secondary N) is 1. The number of anilines is 1. The van der Waals surface area contributed by atoms with E-state index in [0.29, 0.717) is 0 Å². The molecular formula is C11H4ClF4N3. The number of allylic oxidation sites excluding steroid dienone is 1. The summed E-state index contributed by atoms with van der Waals surface area (Å²) in [5.74, 6) is -1.15. The van der Waals surface area contributed by atoms with Gasteiger partial charge in [-0.25, -0.2) is 4.39 Å². The summed E-state index contributed by atoms with van der Waals surface area (Å²) < 4.78 is 50.7. The van der Waals surface area contributed by atoms with Gasteiger partial charge in [-0.3, -0.25) is 0 Å².